The molecule has 1 aromatic heterocycles. The molecule has 3 amide bonds. The van der Waals surface area contributed by atoms with E-state index >= 15 is 0 Å². The topological polar surface area (TPSA) is 127 Å². The van der Waals surface area contributed by atoms with Gasteiger partial charge in [-0.1, -0.05) is 11.6 Å². The molecule has 0 aliphatic rings. The van der Waals surface area contributed by atoms with E-state index in [4.69, 9.17) is 21.8 Å². The van der Waals surface area contributed by atoms with Gasteiger partial charge >= 0.3 is 0 Å². The number of hydrogen-bond donors (Lipinski definition) is 3. The van der Waals surface area contributed by atoms with Gasteiger partial charge in [0.1, 0.15) is 5.82 Å². The van der Waals surface area contributed by atoms with Crippen LogP contribution in [-0.2, 0) is 0 Å². The molecule has 0 atom stereocenters. The van der Waals surface area contributed by atoms with Crippen molar-refractivity contribution in [1.29, 1.82) is 0 Å². The van der Waals surface area contributed by atoms with Crippen LogP contribution in [0.15, 0.2) is 46.9 Å². The summed E-state index contributed by atoms with van der Waals surface area (Å²) in [6.07, 6.45) is 0. The molecule has 3 aromatic rings. The fourth-order valence-electron chi connectivity index (χ4n) is 2.66. The first-order valence-electron chi connectivity index (χ1n) is 9.14. The van der Waals surface area contributed by atoms with Crippen LogP contribution in [0.1, 0.15) is 45.2 Å². The summed E-state index contributed by atoms with van der Waals surface area (Å²) >= 11 is 5.90. The van der Waals surface area contributed by atoms with E-state index < -0.39 is 23.5 Å². The van der Waals surface area contributed by atoms with Crippen LogP contribution in [0.25, 0.3) is 11.5 Å². The molecule has 10 heteroatoms. The van der Waals surface area contributed by atoms with E-state index in [0.717, 1.165) is 12.1 Å². The minimum absolute atomic E-state index is 0.0138. The average Bonchev–Trinajstić information content (AvgIpc) is 3.14. The summed E-state index contributed by atoms with van der Waals surface area (Å²) in [5.74, 6) is -2.91. The Balaban J connectivity index is 1.82. The zero-order valence-corrected chi connectivity index (χ0v) is 17.3. The van der Waals surface area contributed by atoms with Crippen molar-refractivity contribution in [3.8, 4) is 11.5 Å². The number of primary amides is 1. The van der Waals surface area contributed by atoms with Crippen LogP contribution in [0.3, 0.4) is 0 Å². The maximum absolute atomic E-state index is 13.2. The second kappa shape index (κ2) is 8.97. The van der Waals surface area contributed by atoms with Crippen molar-refractivity contribution in [2.24, 2.45) is 5.73 Å². The molecule has 2 aromatic carbocycles. The predicted octanol–water partition coefficient (Wildman–Crippen LogP) is 3.62. The number of halogens is 2. The quantitative estimate of drug-likeness (QED) is 0.535. The second-order valence-electron chi connectivity index (χ2n) is 6.84. The second-order valence-corrected chi connectivity index (χ2v) is 7.25. The highest BCUT2D eigenvalue weighted by atomic mass is 35.5. The molecule has 0 fully saturated rings. The van der Waals surface area contributed by atoms with Gasteiger partial charge in [0, 0.05) is 17.3 Å². The van der Waals surface area contributed by atoms with Gasteiger partial charge in [0.05, 0.1) is 10.6 Å². The molecule has 31 heavy (non-hydrogen) atoms. The van der Waals surface area contributed by atoms with Crippen molar-refractivity contribution in [1.82, 2.24) is 10.3 Å². The molecule has 0 aliphatic carbocycles. The maximum Gasteiger partial charge on any atom is 0.287 e. The standard InChI is InChI=1S/C21H18ClFN4O4/c1-10(2)25-20(30)16-17(18(24)28)31-21(27-16)11-3-6-13(7-4-11)26-19(29)14-8-5-12(23)9-15(14)22/h3-10H,1-2H3,(H2,24,28)(H,25,30)(H,26,29). The van der Waals surface area contributed by atoms with Crippen LogP contribution in [0.4, 0.5) is 10.1 Å². The van der Waals surface area contributed by atoms with E-state index in [1.54, 1.807) is 38.1 Å². The highest BCUT2D eigenvalue weighted by molar-refractivity contribution is 6.34. The number of hydrogen-bond acceptors (Lipinski definition) is 5. The molecule has 160 valence electrons. The SMILES string of the molecule is CC(C)NC(=O)c1nc(-c2ccc(NC(=O)c3ccc(F)cc3Cl)cc2)oc1C(N)=O. The van der Waals surface area contributed by atoms with Crippen molar-refractivity contribution in [2.75, 3.05) is 5.32 Å². The van der Waals surface area contributed by atoms with Gasteiger partial charge in [-0.05, 0) is 56.3 Å². The fraction of sp³-hybridized carbons (Fsp3) is 0.143. The van der Waals surface area contributed by atoms with E-state index in [1.165, 1.54) is 6.07 Å². The Morgan fingerprint density at radius 3 is 2.35 bits per heavy atom. The van der Waals surface area contributed by atoms with Gasteiger partial charge in [0.25, 0.3) is 17.7 Å². The summed E-state index contributed by atoms with van der Waals surface area (Å²) in [7, 11) is 0. The Labute approximate surface area is 181 Å². The number of carbonyl (C=O) groups is 3. The first kappa shape index (κ1) is 22.0. The van der Waals surface area contributed by atoms with E-state index in [-0.39, 0.29) is 34.0 Å². The first-order valence-corrected chi connectivity index (χ1v) is 9.52. The summed E-state index contributed by atoms with van der Waals surface area (Å²) in [4.78, 5) is 40.3. The molecule has 8 nitrogen and oxygen atoms in total. The van der Waals surface area contributed by atoms with Gasteiger partial charge in [-0.2, -0.15) is 0 Å². The fourth-order valence-corrected chi connectivity index (χ4v) is 2.92. The lowest BCUT2D eigenvalue weighted by Crippen LogP contribution is -2.32. The molecular formula is C21H18ClFN4O4. The van der Waals surface area contributed by atoms with Gasteiger partial charge in [-0.3, -0.25) is 14.4 Å². The van der Waals surface area contributed by atoms with Crippen LogP contribution in [0.5, 0.6) is 0 Å². The van der Waals surface area contributed by atoms with Gasteiger partial charge in [0.15, 0.2) is 5.69 Å². The molecule has 0 aliphatic heterocycles. The minimum atomic E-state index is -0.923. The van der Waals surface area contributed by atoms with Gasteiger partial charge < -0.3 is 20.8 Å². The van der Waals surface area contributed by atoms with Gasteiger partial charge in [0.2, 0.25) is 11.7 Å². The Kier molecular flexibility index (Phi) is 6.36. The molecule has 1 heterocycles. The zero-order valence-electron chi connectivity index (χ0n) is 16.5. The van der Waals surface area contributed by atoms with E-state index in [0.29, 0.717) is 11.3 Å². The zero-order chi connectivity index (χ0) is 22.7. The number of benzene rings is 2. The average molecular weight is 445 g/mol. The lowest BCUT2D eigenvalue weighted by molar-refractivity contribution is 0.0914. The lowest BCUT2D eigenvalue weighted by atomic mass is 10.1. The lowest BCUT2D eigenvalue weighted by Gasteiger charge is -2.07. The summed E-state index contributed by atoms with van der Waals surface area (Å²) < 4.78 is 18.5. The monoisotopic (exact) mass is 444 g/mol. The number of amides is 3. The Hall–Kier alpha value is -3.72. The van der Waals surface area contributed by atoms with E-state index in [9.17, 15) is 18.8 Å². The number of anilines is 1. The Bertz CT molecular complexity index is 1160. The van der Waals surface area contributed by atoms with Crippen LogP contribution < -0.4 is 16.4 Å². The highest BCUT2D eigenvalue weighted by Gasteiger charge is 2.25. The number of rotatable bonds is 6. The summed E-state index contributed by atoms with van der Waals surface area (Å²) in [6, 6.07) is 9.56. The van der Waals surface area contributed by atoms with E-state index in [1.807, 2.05) is 0 Å². The summed E-state index contributed by atoms with van der Waals surface area (Å²) in [5.41, 5.74) is 6.08. The highest BCUT2D eigenvalue weighted by Crippen LogP contribution is 2.25. The number of nitrogens with zero attached hydrogens (tertiary/aromatic N) is 1. The number of carbonyl (C=O) groups excluding carboxylic acids is 3. The third-order valence-corrected chi connectivity index (χ3v) is 4.36. The molecule has 0 saturated carbocycles. The molecule has 0 radical (unpaired) electrons. The van der Waals surface area contributed by atoms with Gasteiger partial charge in [-0.25, -0.2) is 9.37 Å². The summed E-state index contributed by atoms with van der Waals surface area (Å²) in [6.45, 7) is 3.52. The van der Waals surface area contributed by atoms with Crippen molar-refractivity contribution in [3.05, 3.63) is 70.3 Å². The minimum Gasteiger partial charge on any atom is -0.430 e. The Morgan fingerprint density at radius 2 is 1.77 bits per heavy atom. The molecule has 3 rings (SSSR count). The number of aromatic nitrogens is 1. The molecule has 0 bridgehead atoms. The third kappa shape index (κ3) is 5.07. The van der Waals surface area contributed by atoms with Crippen molar-refractivity contribution in [3.63, 3.8) is 0 Å². The third-order valence-electron chi connectivity index (χ3n) is 4.05. The van der Waals surface area contributed by atoms with Crippen molar-refractivity contribution < 1.29 is 23.2 Å². The Morgan fingerprint density at radius 1 is 1.10 bits per heavy atom. The smallest absolute Gasteiger partial charge is 0.287 e. The maximum atomic E-state index is 13.2. The summed E-state index contributed by atoms with van der Waals surface area (Å²) in [5, 5.41) is 5.25. The molecule has 0 spiro atoms. The van der Waals surface area contributed by atoms with Crippen molar-refractivity contribution in [2.45, 2.75) is 19.9 Å². The van der Waals surface area contributed by atoms with Crippen LogP contribution in [-0.4, -0.2) is 28.7 Å². The number of oxazole rings is 1. The molecule has 0 saturated heterocycles. The van der Waals surface area contributed by atoms with Crippen LogP contribution in [0, 0.1) is 5.82 Å². The van der Waals surface area contributed by atoms with Crippen LogP contribution >= 0.6 is 11.6 Å². The van der Waals surface area contributed by atoms with Crippen LogP contribution in [0.2, 0.25) is 5.02 Å². The predicted molar refractivity (Wildman–Crippen MR) is 112 cm³/mol. The number of nitrogens with two attached hydrogens (primary N) is 1. The largest absolute Gasteiger partial charge is 0.430 e. The first-order chi connectivity index (χ1) is 14.7. The number of nitrogens with one attached hydrogen (secondary N) is 2. The molecule has 0 unspecified atom stereocenters. The van der Waals surface area contributed by atoms with E-state index in [2.05, 4.69) is 15.6 Å². The van der Waals surface area contributed by atoms with Gasteiger partial charge in [-0.15, -0.1) is 0 Å². The van der Waals surface area contributed by atoms with Crippen molar-refractivity contribution >= 4 is 35.0 Å². The normalized spacial score (nSPS) is 10.7. The molecule has 4 N–H and O–H groups in total. The molecular weight excluding hydrogens is 427 g/mol.